The quantitative estimate of drug-likeness (QED) is 0.495. The normalized spacial score (nSPS) is 12.5. The van der Waals surface area contributed by atoms with Gasteiger partial charge in [-0.25, -0.2) is 0 Å². The summed E-state index contributed by atoms with van der Waals surface area (Å²) in [5.74, 6) is 10.7. The van der Waals surface area contributed by atoms with Crippen LogP contribution < -0.4 is 16.0 Å². The topological polar surface area (TPSA) is 47.3 Å². The molecule has 98 valence electrons. The van der Waals surface area contributed by atoms with E-state index in [1.807, 2.05) is 0 Å². The van der Waals surface area contributed by atoms with Crippen molar-refractivity contribution in [3.63, 3.8) is 0 Å². The van der Waals surface area contributed by atoms with E-state index in [-0.39, 0.29) is 11.8 Å². The van der Waals surface area contributed by atoms with Crippen molar-refractivity contribution in [3.8, 4) is 17.6 Å². The first-order valence-electron chi connectivity index (χ1n) is 5.17. The van der Waals surface area contributed by atoms with Gasteiger partial charge in [0.15, 0.2) is 0 Å². The van der Waals surface area contributed by atoms with E-state index in [0.717, 1.165) is 5.56 Å². The highest BCUT2D eigenvalue weighted by atomic mass is 19.4. The Bertz CT molecular complexity index is 431. The predicted octanol–water partition coefficient (Wildman–Crippen LogP) is 2.50. The van der Waals surface area contributed by atoms with Gasteiger partial charge in [-0.05, 0) is 24.6 Å². The minimum atomic E-state index is -4.68. The number of nitrogens with two attached hydrogens (primary N) is 1. The Hall–Kier alpha value is -1.71. The van der Waals surface area contributed by atoms with E-state index in [1.54, 1.807) is 6.92 Å². The number of halogens is 3. The molecule has 0 heterocycles. The zero-order chi connectivity index (χ0) is 13.6. The number of hydrazine groups is 1. The summed E-state index contributed by atoms with van der Waals surface area (Å²) in [6.45, 7) is 1.70. The average molecular weight is 258 g/mol. The molecule has 0 aliphatic carbocycles. The Labute approximate surface area is 103 Å². The van der Waals surface area contributed by atoms with Crippen LogP contribution in [0.4, 0.5) is 13.2 Å². The third-order valence-corrected chi connectivity index (χ3v) is 2.20. The number of benzene rings is 1. The molecular weight excluding hydrogens is 245 g/mol. The smallest absolute Gasteiger partial charge is 0.406 e. The fourth-order valence-electron chi connectivity index (χ4n) is 1.38. The van der Waals surface area contributed by atoms with Crippen LogP contribution in [0.25, 0.3) is 0 Å². The lowest BCUT2D eigenvalue weighted by Gasteiger charge is -2.14. The third kappa shape index (κ3) is 4.65. The standard InChI is InChI=1S/C12H13F3N2O/c1-2-3-4-11(17-16)9-5-7-10(8-6-9)18-12(13,14)15/h5-8,11,17H,4,16H2,1H3. The third-order valence-electron chi connectivity index (χ3n) is 2.20. The van der Waals surface area contributed by atoms with Crippen LogP contribution in [0.15, 0.2) is 24.3 Å². The lowest BCUT2D eigenvalue weighted by molar-refractivity contribution is -0.274. The van der Waals surface area contributed by atoms with Gasteiger partial charge in [0, 0.05) is 6.42 Å². The zero-order valence-corrected chi connectivity index (χ0v) is 9.71. The van der Waals surface area contributed by atoms with Gasteiger partial charge in [0.1, 0.15) is 5.75 Å². The van der Waals surface area contributed by atoms with Gasteiger partial charge in [-0.15, -0.1) is 25.0 Å². The second-order valence-corrected chi connectivity index (χ2v) is 3.47. The van der Waals surface area contributed by atoms with Crippen molar-refractivity contribution in [1.29, 1.82) is 0 Å². The van der Waals surface area contributed by atoms with Crippen LogP contribution in [-0.2, 0) is 0 Å². The monoisotopic (exact) mass is 258 g/mol. The number of nitrogens with one attached hydrogen (secondary N) is 1. The molecule has 0 amide bonds. The fourth-order valence-corrected chi connectivity index (χ4v) is 1.38. The van der Waals surface area contributed by atoms with Gasteiger partial charge < -0.3 is 4.74 Å². The maximum absolute atomic E-state index is 12.0. The maximum atomic E-state index is 12.0. The summed E-state index contributed by atoms with van der Waals surface area (Å²) in [5, 5.41) is 0. The predicted molar refractivity (Wildman–Crippen MR) is 61.3 cm³/mol. The van der Waals surface area contributed by atoms with Crippen molar-refractivity contribution in [2.24, 2.45) is 5.84 Å². The van der Waals surface area contributed by atoms with Gasteiger partial charge in [-0.2, -0.15) is 0 Å². The molecule has 1 rings (SSSR count). The summed E-state index contributed by atoms with van der Waals surface area (Å²) in [6.07, 6.45) is -4.20. The number of rotatable bonds is 4. The summed E-state index contributed by atoms with van der Waals surface area (Å²) in [7, 11) is 0. The Kier molecular flexibility index (Phi) is 5.01. The SMILES string of the molecule is CC#CCC(NN)c1ccc(OC(F)(F)F)cc1. The maximum Gasteiger partial charge on any atom is 0.573 e. The second kappa shape index (κ2) is 6.28. The van der Waals surface area contributed by atoms with Gasteiger partial charge in [0.05, 0.1) is 6.04 Å². The first-order valence-corrected chi connectivity index (χ1v) is 5.17. The molecule has 0 bridgehead atoms. The summed E-state index contributed by atoms with van der Waals surface area (Å²) in [6, 6.07) is 5.29. The summed E-state index contributed by atoms with van der Waals surface area (Å²) in [5.41, 5.74) is 3.30. The van der Waals surface area contributed by atoms with E-state index < -0.39 is 6.36 Å². The number of alkyl halides is 3. The summed E-state index contributed by atoms with van der Waals surface area (Å²) < 4.78 is 39.7. The van der Waals surface area contributed by atoms with Crippen molar-refractivity contribution in [2.75, 3.05) is 0 Å². The Morgan fingerprint density at radius 3 is 2.39 bits per heavy atom. The molecule has 6 heteroatoms. The van der Waals surface area contributed by atoms with Crippen molar-refractivity contribution in [2.45, 2.75) is 25.7 Å². The van der Waals surface area contributed by atoms with Crippen LogP contribution in [0, 0.1) is 11.8 Å². The lowest BCUT2D eigenvalue weighted by Crippen LogP contribution is -2.27. The molecule has 1 unspecified atom stereocenters. The van der Waals surface area contributed by atoms with Crippen LogP contribution in [-0.4, -0.2) is 6.36 Å². The van der Waals surface area contributed by atoms with Crippen LogP contribution in [0.5, 0.6) is 5.75 Å². The van der Waals surface area contributed by atoms with Crippen molar-refractivity contribution < 1.29 is 17.9 Å². The zero-order valence-electron chi connectivity index (χ0n) is 9.71. The molecule has 0 radical (unpaired) electrons. The highest BCUT2D eigenvalue weighted by Crippen LogP contribution is 2.24. The molecule has 0 aliphatic heterocycles. The van der Waals surface area contributed by atoms with Gasteiger partial charge in [-0.1, -0.05) is 12.1 Å². The van der Waals surface area contributed by atoms with Gasteiger partial charge in [0.25, 0.3) is 0 Å². The first kappa shape index (κ1) is 14.4. The van der Waals surface area contributed by atoms with E-state index in [4.69, 9.17) is 5.84 Å². The fraction of sp³-hybridized carbons (Fsp3) is 0.333. The first-order chi connectivity index (χ1) is 8.46. The van der Waals surface area contributed by atoms with Crippen molar-refractivity contribution in [3.05, 3.63) is 29.8 Å². The molecular formula is C12H13F3N2O. The van der Waals surface area contributed by atoms with Gasteiger partial charge in [0.2, 0.25) is 0 Å². The summed E-state index contributed by atoms with van der Waals surface area (Å²) >= 11 is 0. The molecule has 1 aromatic rings. The van der Waals surface area contributed by atoms with E-state index in [9.17, 15) is 13.2 Å². The molecule has 3 nitrogen and oxygen atoms in total. The van der Waals surface area contributed by atoms with E-state index in [1.165, 1.54) is 24.3 Å². The van der Waals surface area contributed by atoms with E-state index >= 15 is 0 Å². The Balaban J connectivity index is 2.76. The molecule has 0 aliphatic rings. The minimum absolute atomic E-state index is 0.225. The van der Waals surface area contributed by atoms with Crippen LogP contribution >= 0.6 is 0 Å². The molecule has 0 aromatic heterocycles. The van der Waals surface area contributed by atoms with Crippen LogP contribution in [0.2, 0.25) is 0 Å². The molecule has 18 heavy (non-hydrogen) atoms. The molecule has 1 atom stereocenters. The minimum Gasteiger partial charge on any atom is -0.406 e. The molecule has 3 N–H and O–H groups in total. The molecule has 0 fully saturated rings. The molecule has 0 saturated heterocycles. The van der Waals surface area contributed by atoms with E-state index in [0.29, 0.717) is 6.42 Å². The average Bonchev–Trinajstić information content (AvgIpc) is 2.30. The highest BCUT2D eigenvalue weighted by Gasteiger charge is 2.31. The Morgan fingerprint density at radius 2 is 1.94 bits per heavy atom. The lowest BCUT2D eigenvalue weighted by atomic mass is 10.0. The van der Waals surface area contributed by atoms with Crippen molar-refractivity contribution >= 4 is 0 Å². The van der Waals surface area contributed by atoms with E-state index in [2.05, 4.69) is 22.0 Å². The molecule has 0 saturated carbocycles. The highest BCUT2D eigenvalue weighted by molar-refractivity contribution is 5.30. The number of hydrogen-bond donors (Lipinski definition) is 2. The largest absolute Gasteiger partial charge is 0.573 e. The van der Waals surface area contributed by atoms with Gasteiger partial charge in [-0.3, -0.25) is 11.3 Å². The molecule has 0 spiro atoms. The summed E-state index contributed by atoms with van der Waals surface area (Å²) in [4.78, 5) is 0. The number of hydrogen-bond acceptors (Lipinski definition) is 3. The van der Waals surface area contributed by atoms with Crippen LogP contribution in [0.1, 0.15) is 24.9 Å². The van der Waals surface area contributed by atoms with Gasteiger partial charge >= 0.3 is 6.36 Å². The number of ether oxygens (including phenoxy) is 1. The second-order valence-electron chi connectivity index (χ2n) is 3.47. The van der Waals surface area contributed by atoms with Crippen LogP contribution in [0.3, 0.4) is 0 Å². The molecule has 1 aromatic carbocycles. The Morgan fingerprint density at radius 1 is 1.33 bits per heavy atom. The van der Waals surface area contributed by atoms with Crippen molar-refractivity contribution in [1.82, 2.24) is 5.43 Å².